The van der Waals surface area contributed by atoms with Crippen molar-refractivity contribution in [3.8, 4) is 0 Å². The molecule has 0 saturated heterocycles. The Labute approximate surface area is 61.6 Å². The lowest BCUT2D eigenvalue weighted by Gasteiger charge is -2.16. The van der Waals surface area contributed by atoms with Gasteiger partial charge in [0.1, 0.15) is 0 Å². The molecule has 0 aromatic rings. The first kappa shape index (κ1) is 8.39. The SMILES string of the molecule is O=C(O)C(O)C1(C(F)F)CC1. The molecular formula is C6H8F2O3. The maximum Gasteiger partial charge on any atom is 0.333 e. The van der Waals surface area contributed by atoms with Crippen LogP contribution in [0, 0.1) is 5.41 Å². The summed E-state index contributed by atoms with van der Waals surface area (Å²) in [6.45, 7) is 0. The molecule has 5 heteroatoms. The zero-order chi connectivity index (χ0) is 8.65. The lowest BCUT2D eigenvalue weighted by molar-refractivity contribution is -0.155. The second-order valence-corrected chi connectivity index (χ2v) is 2.77. The van der Waals surface area contributed by atoms with E-state index in [-0.39, 0.29) is 12.8 Å². The Balaban J connectivity index is 2.65. The van der Waals surface area contributed by atoms with Crippen LogP contribution in [-0.2, 0) is 4.79 Å². The number of carboxylic acid groups (broad SMARTS) is 1. The number of halogens is 2. The van der Waals surface area contributed by atoms with Gasteiger partial charge < -0.3 is 10.2 Å². The Hall–Kier alpha value is -0.710. The summed E-state index contributed by atoms with van der Waals surface area (Å²) in [6, 6.07) is 0. The summed E-state index contributed by atoms with van der Waals surface area (Å²) in [4.78, 5) is 10.1. The number of aliphatic carboxylic acids is 1. The van der Waals surface area contributed by atoms with Gasteiger partial charge in [0.25, 0.3) is 0 Å². The van der Waals surface area contributed by atoms with E-state index < -0.39 is 23.9 Å². The Morgan fingerprint density at radius 1 is 1.45 bits per heavy atom. The van der Waals surface area contributed by atoms with Crippen molar-refractivity contribution >= 4 is 5.97 Å². The first-order valence-corrected chi connectivity index (χ1v) is 3.20. The molecule has 0 spiro atoms. The first-order chi connectivity index (χ1) is 5.00. The summed E-state index contributed by atoms with van der Waals surface area (Å²) in [5, 5.41) is 17.0. The number of carbonyl (C=O) groups is 1. The lowest BCUT2D eigenvalue weighted by atomic mass is 10.0. The summed E-state index contributed by atoms with van der Waals surface area (Å²) in [7, 11) is 0. The fourth-order valence-electron chi connectivity index (χ4n) is 1.00. The third kappa shape index (κ3) is 1.20. The predicted molar refractivity (Wildman–Crippen MR) is 31.3 cm³/mol. The van der Waals surface area contributed by atoms with Gasteiger partial charge in [-0.15, -0.1) is 0 Å². The van der Waals surface area contributed by atoms with Crippen molar-refractivity contribution in [3.05, 3.63) is 0 Å². The number of aliphatic hydroxyl groups is 1. The van der Waals surface area contributed by atoms with Crippen LogP contribution in [0.25, 0.3) is 0 Å². The quantitative estimate of drug-likeness (QED) is 0.641. The molecule has 1 fully saturated rings. The van der Waals surface area contributed by atoms with E-state index in [9.17, 15) is 13.6 Å². The molecule has 0 heterocycles. The van der Waals surface area contributed by atoms with Crippen molar-refractivity contribution in [2.24, 2.45) is 5.41 Å². The number of aliphatic hydroxyl groups excluding tert-OH is 1. The van der Waals surface area contributed by atoms with E-state index in [4.69, 9.17) is 10.2 Å². The average molecular weight is 166 g/mol. The highest BCUT2D eigenvalue weighted by Gasteiger charge is 2.59. The molecule has 0 amide bonds. The van der Waals surface area contributed by atoms with Crippen molar-refractivity contribution < 1.29 is 23.8 Å². The standard InChI is InChI=1S/C6H8F2O3/c7-5(8)6(1-2-6)3(9)4(10)11/h3,5,9H,1-2H2,(H,10,11). The number of carboxylic acids is 1. The second kappa shape index (κ2) is 2.41. The molecule has 1 aliphatic carbocycles. The van der Waals surface area contributed by atoms with Crippen molar-refractivity contribution in [1.82, 2.24) is 0 Å². The van der Waals surface area contributed by atoms with Crippen molar-refractivity contribution in [3.63, 3.8) is 0 Å². The minimum absolute atomic E-state index is 0.0954. The summed E-state index contributed by atoms with van der Waals surface area (Å²) in [5.41, 5.74) is -1.65. The van der Waals surface area contributed by atoms with Gasteiger partial charge in [-0.25, -0.2) is 13.6 Å². The molecule has 3 nitrogen and oxygen atoms in total. The van der Waals surface area contributed by atoms with Crippen LogP contribution in [-0.4, -0.2) is 28.7 Å². The first-order valence-electron chi connectivity index (χ1n) is 3.20. The average Bonchev–Trinajstić information content (AvgIpc) is 2.65. The Bertz CT molecular complexity index is 177. The maximum atomic E-state index is 12.1. The van der Waals surface area contributed by atoms with Crippen molar-refractivity contribution in [2.45, 2.75) is 25.4 Å². The van der Waals surface area contributed by atoms with Gasteiger partial charge >= 0.3 is 5.97 Å². The lowest BCUT2D eigenvalue weighted by Crippen LogP contribution is -2.35. The van der Waals surface area contributed by atoms with Gasteiger partial charge in [-0.1, -0.05) is 0 Å². The Morgan fingerprint density at radius 2 is 1.91 bits per heavy atom. The minimum atomic E-state index is -2.74. The monoisotopic (exact) mass is 166 g/mol. The van der Waals surface area contributed by atoms with Crippen molar-refractivity contribution in [2.75, 3.05) is 0 Å². The summed E-state index contributed by atoms with van der Waals surface area (Å²) >= 11 is 0. The second-order valence-electron chi connectivity index (χ2n) is 2.77. The summed E-state index contributed by atoms with van der Waals surface area (Å²) in [6.07, 6.45) is -4.47. The molecule has 1 saturated carbocycles. The van der Waals surface area contributed by atoms with Gasteiger partial charge in [-0.3, -0.25) is 0 Å². The highest BCUT2D eigenvalue weighted by molar-refractivity contribution is 5.73. The smallest absolute Gasteiger partial charge is 0.333 e. The highest BCUT2D eigenvalue weighted by atomic mass is 19.3. The van der Waals surface area contributed by atoms with Crippen LogP contribution < -0.4 is 0 Å². The predicted octanol–water partition coefficient (Wildman–Crippen LogP) is 0.477. The molecule has 1 aliphatic rings. The fraction of sp³-hybridized carbons (Fsp3) is 0.833. The number of alkyl halides is 2. The maximum absolute atomic E-state index is 12.1. The zero-order valence-corrected chi connectivity index (χ0v) is 5.63. The van der Waals surface area contributed by atoms with Gasteiger partial charge in [0.05, 0.1) is 5.41 Å². The van der Waals surface area contributed by atoms with Gasteiger partial charge in [-0.05, 0) is 12.8 Å². The van der Waals surface area contributed by atoms with E-state index in [2.05, 4.69) is 0 Å². The molecule has 11 heavy (non-hydrogen) atoms. The van der Waals surface area contributed by atoms with Gasteiger partial charge in [0.15, 0.2) is 6.10 Å². The molecule has 1 rings (SSSR count). The largest absolute Gasteiger partial charge is 0.479 e. The van der Waals surface area contributed by atoms with Gasteiger partial charge in [0, 0.05) is 0 Å². The number of rotatable bonds is 3. The van der Waals surface area contributed by atoms with Crippen LogP contribution >= 0.6 is 0 Å². The van der Waals surface area contributed by atoms with Gasteiger partial charge in [0.2, 0.25) is 6.43 Å². The Morgan fingerprint density at radius 3 is 2.00 bits per heavy atom. The number of hydrogen-bond donors (Lipinski definition) is 2. The highest BCUT2D eigenvalue weighted by Crippen LogP contribution is 2.53. The van der Waals surface area contributed by atoms with E-state index in [0.717, 1.165) is 0 Å². The van der Waals surface area contributed by atoms with Crippen LogP contribution in [0.5, 0.6) is 0 Å². The Kier molecular flexibility index (Phi) is 1.83. The molecular weight excluding hydrogens is 158 g/mol. The van der Waals surface area contributed by atoms with Crippen molar-refractivity contribution in [1.29, 1.82) is 0 Å². The van der Waals surface area contributed by atoms with Crippen LogP contribution in [0.3, 0.4) is 0 Å². The van der Waals surface area contributed by atoms with E-state index >= 15 is 0 Å². The molecule has 0 aromatic carbocycles. The molecule has 1 unspecified atom stereocenters. The van der Waals surface area contributed by atoms with Crippen LogP contribution in [0.2, 0.25) is 0 Å². The summed E-state index contributed by atoms with van der Waals surface area (Å²) < 4.78 is 24.1. The third-order valence-corrected chi connectivity index (χ3v) is 2.04. The third-order valence-electron chi connectivity index (χ3n) is 2.04. The van der Waals surface area contributed by atoms with Gasteiger partial charge in [-0.2, -0.15) is 0 Å². The fourth-order valence-corrected chi connectivity index (χ4v) is 1.00. The summed E-state index contributed by atoms with van der Waals surface area (Å²) in [5.74, 6) is -1.57. The van der Waals surface area contributed by atoms with E-state index in [1.54, 1.807) is 0 Å². The molecule has 2 N–H and O–H groups in total. The van der Waals surface area contributed by atoms with Crippen LogP contribution in [0.4, 0.5) is 8.78 Å². The topological polar surface area (TPSA) is 57.5 Å². The van der Waals surface area contributed by atoms with E-state index in [0.29, 0.717) is 0 Å². The molecule has 0 radical (unpaired) electrons. The molecule has 0 aliphatic heterocycles. The van der Waals surface area contributed by atoms with Crippen LogP contribution in [0.1, 0.15) is 12.8 Å². The van der Waals surface area contributed by atoms with E-state index in [1.807, 2.05) is 0 Å². The van der Waals surface area contributed by atoms with E-state index in [1.165, 1.54) is 0 Å². The normalized spacial score (nSPS) is 23.3. The minimum Gasteiger partial charge on any atom is -0.479 e. The molecule has 0 bridgehead atoms. The number of hydrogen-bond acceptors (Lipinski definition) is 2. The van der Waals surface area contributed by atoms with Crippen LogP contribution in [0.15, 0.2) is 0 Å². The molecule has 0 aromatic heterocycles. The molecule has 1 atom stereocenters. The molecule has 64 valence electrons. The zero-order valence-electron chi connectivity index (χ0n) is 5.63.